The number of rotatable bonds is 8. The first-order valence-corrected chi connectivity index (χ1v) is 13.5. The number of oxazole rings is 1. The van der Waals surface area contributed by atoms with Crippen LogP contribution < -0.4 is 20.1 Å². The van der Waals surface area contributed by atoms with Gasteiger partial charge in [-0.25, -0.2) is 4.98 Å². The minimum atomic E-state index is -0.334. The van der Waals surface area contributed by atoms with Crippen molar-refractivity contribution in [2.24, 2.45) is 0 Å². The molecule has 5 rings (SSSR count). The summed E-state index contributed by atoms with van der Waals surface area (Å²) < 4.78 is 17.0. The zero-order valence-electron chi connectivity index (χ0n) is 21.4. The topological polar surface area (TPSA) is 85.6 Å². The first kappa shape index (κ1) is 25.7. The van der Waals surface area contributed by atoms with E-state index in [1.54, 1.807) is 0 Å². The van der Waals surface area contributed by atoms with Crippen LogP contribution in [-0.4, -0.2) is 29.2 Å². The summed E-state index contributed by atoms with van der Waals surface area (Å²) in [6.45, 7) is 2.43. The summed E-state index contributed by atoms with van der Waals surface area (Å²) in [7, 11) is 0. The Kier molecular flexibility index (Phi) is 8.19. The van der Waals surface area contributed by atoms with Crippen LogP contribution in [-0.2, 0) is 4.79 Å². The molecule has 0 saturated heterocycles. The Morgan fingerprint density at radius 2 is 1.68 bits per heavy atom. The molecule has 3 aromatic carbocycles. The predicted octanol–water partition coefficient (Wildman–Crippen LogP) is 6.83. The smallest absolute Gasteiger partial charge is 0.264 e. The van der Waals surface area contributed by atoms with Crippen molar-refractivity contribution in [2.45, 2.75) is 44.9 Å². The number of carbonyl (C=O) groups excluding carboxylic acids is 1. The quantitative estimate of drug-likeness (QED) is 0.242. The molecule has 2 N–H and O–H groups in total. The van der Waals surface area contributed by atoms with Gasteiger partial charge >= 0.3 is 0 Å². The maximum absolute atomic E-state index is 12.4. The van der Waals surface area contributed by atoms with E-state index in [9.17, 15) is 4.79 Å². The number of benzene rings is 3. The average Bonchev–Trinajstić information content (AvgIpc) is 3.37. The molecular formula is C30H31N3O4S. The van der Waals surface area contributed by atoms with Crippen molar-refractivity contribution in [3.8, 4) is 23.0 Å². The van der Waals surface area contributed by atoms with Crippen LogP contribution in [0, 0.1) is 0 Å². The Bertz CT molecular complexity index is 1390. The van der Waals surface area contributed by atoms with Gasteiger partial charge in [0.1, 0.15) is 17.0 Å². The number of amides is 1. The second kappa shape index (κ2) is 12.1. The van der Waals surface area contributed by atoms with E-state index in [0.717, 1.165) is 11.3 Å². The molecule has 0 bridgehead atoms. The van der Waals surface area contributed by atoms with Gasteiger partial charge in [-0.1, -0.05) is 31.4 Å². The second-order valence-electron chi connectivity index (χ2n) is 9.35. The van der Waals surface area contributed by atoms with Crippen molar-refractivity contribution >= 4 is 40.0 Å². The molecule has 1 saturated carbocycles. The molecule has 0 aliphatic heterocycles. The molecule has 0 unspecified atom stereocenters. The van der Waals surface area contributed by atoms with Crippen molar-refractivity contribution < 1.29 is 18.7 Å². The van der Waals surface area contributed by atoms with Crippen LogP contribution in [0.25, 0.3) is 22.6 Å². The third-order valence-corrected chi connectivity index (χ3v) is 6.84. The van der Waals surface area contributed by atoms with Crippen molar-refractivity contribution in [2.75, 3.05) is 18.5 Å². The number of aromatic nitrogens is 1. The number of thiocarbonyl (C=S) groups is 1. The van der Waals surface area contributed by atoms with Gasteiger partial charge in [0.15, 0.2) is 17.3 Å². The van der Waals surface area contributed by atoms with Crippen molar-refractivity contribution in [3.63, 3.8) is 0 Å². The average molecular weight is 530 g/mol. The van der Waals surface area contributed by atoms with Crippen LogP contribution in [0.5, 0.6) is 11.5 Å². The fourth-order valence-electron chi connectivity index (χ4n) is 4.74. The molecule has 1 aliphatic carbocycles. The van der Waals surface area contributed by atoms with Gasteiger partial charge in [-0.15, -0.1) is 0 Å². The number of anilines is 1. The van der Waals surface area contributed by atoms with E-state index in [4.69, 9.17) is 26.1 Å². The molecule has 8 heteroatoms. The van der Waals surface area contributed by atoms with Crippen molar-refractivity contribution in [3.05, 3.63) is 72.3 Å². The van der Waals surface area contributed by atoms with Crippen molar-refractivity contribution in [1.82, 2.24) is 10.3 Å². The lowest BCUT2D eigenvalue weighted by Crippen LogP contribution is -2.37. The highest BCUT2D eigenvalue weighted by Crippen LogP contribution is 2.33. The molecular weight excluding hydrogens is 498 g/mol. The summed E-state index contributed by atoms with van der Waals surface area (Å²) in [4.78, 5) is 17.0. The molecule has 1 amide bonds. The highest BCUT2D eigenvalue weighted by atomic mass is 32.1. The monoisotopic (exact) mass is 529 g/mol. The third kappa shape index (κ3) is 6.50. The molecule has 4 aromatic rings. The summed E-state index contributed by atoms with van der Waals surface area (Å²) in [5.41, 5.74) is 4.21. The second-order valence-corrected chi connectivity index (χ2v) is 9.76. The predicted molar refractivity (Wildman–Crippen MR) is 153 cm³/mol. The maximum atomic E-state index is 12.4. The minimum Gasteiger partial charge on any atom is -0.494 e. The number of carbonyl (C=O) groups is 1. The molecule has 1 aromatic heterocycles. The summed E-state index contributed by atoms with van der Waals surface area (Å²) >= 11 is 5.32. The molecule has 0 atom stereocenters. The first-order valence-electron chi connectivity index (χ1n) is 13.0. The standard InChI is InChI=1S/C30H31N3O4S/c1-2-35-24-15-10-22(11-16-24)29-32-26-18-23(12-17-27(26)37-29)31-30(38)33-28(34)19-36-25-13-8-21(9-14-25)20-6-4-3-5-7-20/h8-18,20H,2-7,19H2,1H3,(H2,31,33,34,38). The van der Waals surface area contributed by atoms with E-state index in [2.05, 4.69) is 27.8 Å². The van der Waals surface area contributed by atoms with Gasteiger partial charge in [0.05, 0.1) is 6.61 Å². The van der Waals surface area contributed by atoms with Crippen LogP contribution in [0.2, 0.25) is 0 Å². The van der Waals surface area contributed by atoms with E-state index in [0.29, 0.717) is 41.0 Å². The van der Waals surface area contributed by atoms with Crippen LogP contribution >= 0.6 is 12.2 Å². The van der Waals surface area contributed by atoms with Gasteiger partial charge in [0.2, 0.25) is 5.89 Å². The molecule has 7 nitrogen and oxygen atoms in total. The Morgan fingerprint density at radius 1 is 0.974 bits per heavy atom. The van der Waals surface area contributed by atoms with E-state index in [-0.39, 0.29) is 17.6 Å². The maximum Gasteiger partial charge on any atom is 0.264 e. The summed E-state index contributed by atoms with van der Waals surface area (Å²) in [5.74, 6) is 2.28. The van der Waals surface area contributed by atoms with E-state index in [1.807, 2.05) is 61.5 Å². The number of nitrogens with one attached hydrogen (secondary N) is 2. The number of fused-ring (bicyclic) bond motifs is 1. The highest BCUT2D eigenvalue weighted by Gasteiger charge is 2.15. The Balaban J connectivity index is 1.12. The van der Waals surface area contributed by atoms with Gasteiger partial charge in [-0.2, -0.15) is 0 Å². The number of hydrogen-bond donors (Lipinski definition) is 2. The van der Waals surface area contributed by atoms with E-state index < -0.39 is 0 Å². The lowest BCUT2D eigenvalue weighted by Gasteiger charge is -2.22. The normalized spacial score (nSPS) is 13.7. The lowest BCUT2D eigenvalue weighted by atomic mass is 9.84. The van der Waals surface area contributed by atoms with Crippen LogP contribution in [0.3, 0.4) is 0 Å². The van der Waals surface area contributed by atoms with E-state index in [1.165, 1.54) is 37.7 Å². The number of hydrogen-bond acceptors (Lipinski definition) is 6. The molecule has 38 heavy (non-hydrogen) atoms. The minimum absolute atomic E-state index is 0.127. The number of ether oxygens (including phenoxy) is 2. The van der Waals surface area contributed by atoms with Crippen LogP contribution in [0.4, 0.5) is 5.69 Å². The van der Waals surface area contributed by atoms with Crippen LogP contribution in [0.15, 0.2) is 71.1 Å². The van der Waals surface area contributed by atoms with Crippen molar-refractivity contribution in [1.29, 1.82) is 0 Å². The lowest BCUT2D eigenvalue weighted by molar-refractivity contribution is -0.121. The fourth-order valence-corrected chi connectivity index (χ4v) is 4.97. The SMILES string of the molecule is CCOc1ccc(-c2nc3cc(NC(=S)NC(=O)COc4ccc(C5CCCCC5)cc4)ccc3o2)cc1. The fraction of sp³-hybridized carbons (Fsp3) is 0.300. The molecule has 1 fully saturated rings. The van der Waals surface area contributed by atoms with Gasteiger partial charge in [-0.05, 0) is 98.1 Å². The van der Waals surface area contributed by atoms with Gasteiger partial charge in [0, 0.05) is 11.3 Å². The Morgan fingerprint density at radius 3 is 2.42 bits per heavy atom. The molecule has 196 valence electrons. The zero-order chi connectivity index (χ0) is 26.3. The third-order valence-electron chi connectivity index (χ3n) is 6.64. The van der Waals surface area contributed by atoms with Gasteiger partial charge in [-0.3, -0.25) is 10.1 Å². The van der Waals surface area contributed by atoms with E-state index >= 15 is 0 Å². The van der Waals surface area contributed by atoms with Gasteiger partial charge in [0.25, 0.3) is 5.91 Å². The number of nitrogens with zero attached hydrogens (tertiary/aromatic N) is 1. The van der Waals surface area contributed by atoms with Gasteiger partial charge < -0.3 is 19.2 Å². The largest absolute Gasteiger partial charge is 0.494 e. The summed E-state index contributed by atoms with van der Waals surface area (Å²) in [5, 5.41) is 5.86. The zero-order valence-corrected chi connectivity index (χ0v) is 22.2. The summed E-state index contributed by atoms with van der Waals surface area (Å²) in [6, 6.07) is 21.1. The Labute approximate surface area is 227 Å². The summed E-state index contributed by atoms with van der Waals surface area (Å²) in [6.07, 6.45) is 6.44. The molecule has 0 radical (unpaired) electrons. The molecule has 0 spiro atoms. The molecule has 1 aliphatic rings. The van der Waals surface area contributed by atoms with Crippen LogP contribution in [0.1, 0.15) is 50.5 Å². The Hall–Kier alpha value is -3.91. The molecule has 1 heterocycles. The first-order chi connectivity index (χ1) is 18.6. The highest BCUT2D eigenvalue weighted by molar-refractivity contribution is 7.80.